The lowest BCUT2D eigenvalue weighted by molar-refractivity contribution is 0.183. The van der Waals surface area contributed by atoms with Gasteiger partial charge in [-0.1, -0.05) is 22.0 Å². The molecular weight excluding hydrogens is 282 g/mol. The van der Waals surface area contributed by atoms with Crippen LogP contribution in [0, 0.1) is 0 Å². The molecule has 0 aliphatic carbocycles. The van der Waals surface area contributed by atoms with Gasteiger partial charge in [-0.25, -0.2) is 0 Å². The topological polar surface area (TPSA) is 30.5 Å². The van der Waals surface area contributed by atoms with E-state index >= 15 is 0 Å². The molecule has 1 aromatic carbocycles. The van der Waals surface area contributed by atoms with Crippen molar-refractivity contribution in [1.29, 1.82) is 0 Å². The second kappa shape index (κ2) is 8.50. The molecule has 4 heteroatoms. The van der Waals surface area contributed by atoms with Crippen molar-refractivity contribution in [1.82, 2.24) is 5.32 Å². The standard InChI is InChI=1S/C13H20BrNO2/c1-11(6-8-16-2)15-7-9-17-13-5-3-4-12(14)10-13/h3-5,10-11,15H,6-9H2,1-2H3. The van der Waals surface area contributed by atoms with E-state index in [2.05, 4.69) is 28.2 Å². The molecule has 0 saturated heterocycles. The van der Waals surface area contributed by atoms with Crippen molar-refractivity contribution in [2.24, 2.45) is 0 Å². The lowest BCUT2D eigenvalue weighted by Crippen LogP contribution is -2.31. The minimum absolute atomic E-state index is 0.459. The third-order valence-corrected chi connectivity index (χ3v) is 2.91. The van der Waals surface area contributed by atoms with Crippen molar-refractivity contribution >= 4 is 15.9 Å². The van der Waals surface area contributed by atoms with Crippen molar-refractivity contribution in [2.45, 2.75) is 19.4 Å². The summed E-state index contributed by atoms with van der Waals surface area (Å²) in [6.07, 6.45) is 1.02. The molecule has 0 fully saturated rings. The van der Waals surface area contributed by atoms with Gasteiger partial charge in [-0.3, -0.25) is 0 Å². The fourth-order valence-electron chi connectivity index (χ4n) is 1.43. The first-order chi connectivity index (χ1) is 8.22. The first-order valence-electron chi connectivity index (χ1n) is 5.83. The van der Waals surface area contributed by atoms with Crippen LogP contribution in [0.4, 0.5) is 0 Å². The zero-order chi connectivity index (χ0) is 12.5. The van der Waals surface area contributed by atoms with Crippen LogP contribution in [-0.2, 0) is 4.74 Å². The van der Waals surface area contributed by atoms with Crippen molar-refractivity contribution in [2.75, 3.05) is 26.9 Å². The molecule has 17 heavy (non-hydrogen) atoms. The highest BCUT2D eigenvalue weighted by Crippen LogP contribution is 2.17. The monoisotopic (exact) mass is 301 g/mol. The number of methoxy groups -OCH3 is 1. The fraction of sp³-hybridized carbons (Fsp3) is 0.538. The van der Waals surface area contributed by atoms with Gasteiger partial charge in [-0.05, 0) is 31.5 Å². The molecule has 96 valence electrons. The summed E-state index contributed by atoms with van der Waals surface area (Å²) in [5, 5.41) is 3.39. The van der Waals surface area contributed by atoms with Crippen molar-refractivity contribution in [3.05, 3.63) is 28.7 Å². The van der Waals surface area contributed by atoms with Gasteiger partial charge in [-0.15, -0.1) is 0 Å². The lowest BCUT2D eigenvalue weighted by atomic mass is 10.2. The Morgan fingerprint density at radius 2 is 2.18 bits per heavy atom. The average Bonchev–Trinajstić information content (AvgIpc) is 2.32. The van der Waals surface area contributed by atoms with Gasteiger partial charge in [0.2, 0.25) is 0 Å². The Morgan fingerprint density at radius 3 is 2.88 bits per heavy atom. The normalized spacial score (nSPS) is 12.4. The van der Waals surface area contributed by atoms with Crippen molar-refractivity contribution in [3.8, 4) is 5.75 Å². The summed E-state index contributed by atoms with van der Waals surface area (Å²) in [5.41, 5.74) is 0. The number of hydrogen-bond acceptors (Lipinski definition) is 3. The van der Waals surface area contributed by atoms with Crippen LogP contribution in [0.5, 0.6) is 5.75 Å². The zero-order valence-corrected chi connectivity index (χ0v) is 12.0. The molecule has 1 aromatic rings. The van der Waals surface area contributed by atoms with Crippen LogP contribution in [-0.4, -0.2) is 32.9 Å². The van der Waals surface area contributed by atoms with Gasteiger partial charge in [0.25, 0.3) is 0 Å². The lowest BCUT2D eigenvalue weighted by Gasteiger charge is -2.13. The van der Waals surface area contributed by atoms with E-state index < -0.39 is 0 Å². The van der Waals surface area contributed by atoms with Crippen molar-refractivity contribution < 1.29 is 9.47 Å². The number of nitrogens with one attached hydrogen (secondary N) is 1. The Balaban J connectivity index is 2.11. The maximum atomic E-state index is 5.62. The predicted molar refractivity (Wildman–Crippen MR) is 73.6 cm³/mol. The van der Waals surface area contributed by atoms with Crippen LogP contribution >= 0.6 is 15.9 Å². The van der Waals surface area contributed by atoms with E-state index in [-0.39, 0.29) is 0 Å². The SMILES string of the molecule is COCCC(C)NCCOc1cccc(Br)c1. The van der Waals surface area contributed by atoms with Crippen LogP contribution in [0.15, 0.2) is 28.7 Å². The molecule has 0 bridgehead atoms. The summed E-state index contributed by atoms with van der Waals surface area (Å²) in [5.74, 6) is 0.894. The van der Waals surface area contributed by atoms with Gasteiger partial charge in [0.1, 0.15) is 12.4 Å². The molecule has 3 nitrogen and oxygen atoms in total. The quantitative estimate of drug-likeness (QED) is 0.749. The van der Waals surface area contributed by atoms with E-state index in [1.165, 1.54) is 0 Å². The summed E-state index contributed by atoms with van der Waals surface area (Å²) in [4.78, 5) is 0. The molecule has 1 unspecified atom stereocenters. The number of rotatable bonds is 8. The van der Waals surface area contributed by atoms with E-state index in [9.17, 15) is 0 Å². The predicted octanol–water partition coefficient (Wildman–Crippen LogP) is 2.84. The second-order valence-corrected chi connectivity index (χ2v) is 4.86. The van der Waals surface area contributed by atoms with Crippen LogP contribution in [0.1, 0.15) is 13.3 Å². The van der Waals surface area contributed by atoms with Gasteiger partial charge in [0.15, 0.2) is 0 Å². The van der Waals surface area contributed by atoms with Crippen molar-refractivity contribution in [3.63, 3.8) is 0 Å². The van der Waals surface area contributed by atoms with E-state index in [4.69, 9.17) is 9.47 Å². The van der Waals surface area contributed by atoms with Gasteiger partial charge >= 0.3 is 0 Å². The highest BCUT2D eigenvalue weighted by molar-refractivity contribution is 9.10. The highest BCUT2D eigenvalue weighted by Gasteiger charge is 2.00. The third-order valence-electron chi connectivity index (χ3n) is 2.41. The Hall–Kier alpha value is -0.580. The third kappa shape index (κ3) is 6.66. The molecule has 0 aliphatic heterocycles. The van der Waals surface area contributed by atoms with Crippen LogP contribution in [0.3, 0.4) is 0 Å². The summed E-state index contributed by atoms with van der Waals surface area (Å²) < 4.78 is 11.7. The number of hydrogen-bond donors (Lipinski definition) is 1. The van der Waals surface area contributed by atoms with E-state index in [1.54, 1.807) is 7.11 Å². The van der Waals surface area contributed by atoms with Crippen LogP contribution < -0.4 is 10.1 Å². The highest BCUT2D eigenvalue weighted by atomic mass is 79.9. The molecule has 0 aromatic heterocycles. The maximum Gasteiger partial charge on any atom is 0.120 e. The largest absolute Gasteiger partial charge is 0.492 e. The van der Waals surface area contributed by atoms with Gasteiger partial charge in [0.05, 0.1) is 0 Å². The Bertz CT molecular complexity index is 320. The summed E-state index contributed by atoms with van der Waals surface area (Å²) in [6.45, 7) is 4.46. The molecule has 1 rings (SSSR count). The average molecular weight is 302 g/mol. The molecule has 0 aliphatic rings. The number of ether oxygens (including phenoxy) is 2. The van der Waals surface area contributed by atoms with Gasteiger partial charge in [0, 0.05) is 30.8 Å². The Kier molecular flexibility index (Phi) is 7.24. The summed E-state index contributed by atoms with van der Waals surface area (Å²) >= 11 is 3.41. The Morgan fingerprint density at radius 1 is 1.35 bits per heavy atom. The van der Waals surface area contributed by atoms with E-state index in [0.29, 0.717) is 12.6 Å². The zero-order valence-electron chi connectivity index (χ0n) is 10.4. The Labute approximate surface area is 112 Å². The van der Waals surface area contributed by atoms with Crippen LogP contribution in [0.2, 0.25) is 0 Å². The summed E-state index contributed by atoms with van der Waals surface area (Å²) in [7, 11) is 1.73. The molecule has 1 N–H and O–H groups in total. The maximum absolute atomic E-state index is 5.62. The van der Waals surface area contributed by atoms with Gasteiger partial charge in [-0.2, -0.15) is 0 Å². The first kappa shape index (κ1) is 14.5. The second-order valence-electron chi connectivity index (χ2n) is 3.94. The minimum atomic E-state index is 0.459. The van der Waals surface area contributed by atoms with Gasteiger partial charge < -0.3 is 14.8 Å². The van der Waals surface area contributed by atoms with E-state index in [0.717, 1.165) is 29.8 Å². The number of benzene rings is 1. The number of halogens is 1. The summed E-state index contributed by atoms with van der Waals surface area (Å²) in [6, 6.07) is 8.33. The first-order valence-corrected chi connectivity index (χ1v) is 6.62. The molecular formula is C13H20BrNO2. The fourth-order valence-corrected chi connectivity index (χ4v) is 1.81. The smallest absolute Gasteiger partial charge is 0.120 e. The molecule has 0 heterocycles. The minimum Gasteiger partial charge on any atom is -0.492 e. The molecule has 1 atom stereocenters. The molecule has 0 saturated carbocycles. The van der Waals surface area contributed by atoms with Crippen LogP contribution in [0.25, 0.3) is 0 Å². The molecule has 0 radical (unpaired) electrons. The molecule has 0 amide bonds. The van der Waals surface area contributed by atoms with E-state index in [1.807, 2.05) is 24.3 Å². The molecule has 0 spiro atoms.